The molecule has 1 aromatic heterocycles. The molecule has 1 heterocycles. The van der Waals surface area contributed by atoms with Crippen molar-refractivity contribution >= 4 is 18.3 Å². The van der Waals surface area contributed by atoms with E-state index in [2.05, 4.69) is 10.3 Å². The number of benzene rings is 1. The van der Waals surface area contributed by atoms with Crippen molar-refractivity contribution in [3.8, 4) is 11.3 Å². The number of carbonyl (C=O) groups is 1. The van der Waals surface area contributed by atoms with Gasteiger partial charge in [0.15, 0.2) is 0 Å². The van der Waals surface area contributed by atoms with Crippen molar-refractivity contribution in [2.75, 3.05) is 0 Å². The smallest absolute Gasteiger partial charge is 0.267 e. The number of hydrogen-bond acceptors (Lipinski definition) is 2. The molecule has 21 heavy (non-hydrogen) atoms. The van der Waals surface area contributed by atoms with Gasteiger partial charge in [-0.2, -0.15) is 0 Å². The molecule has 5 heteroatoms. The van der Waals surface area contributed by atoms with Crippen molar-refractivity contribution in [3.63, 3.8) is 0 Å². The Hall–Kier alpha value is -1.78. The molecule has 0 unspecified atom stereocenters. The molecule has 4 N–H and O–H groups in total. The summed E-state index contributed by atoms with van der Waals surface area (Å²) in [5, 5.41) is 3.04. The fraction of sp³-hybridized carbons (Fsp3) is 0.312. The molecule has 4 nitrogen and oxygen atoms in total. The zero-order chi connectivity index (χ0) is 13.9. The fourth-order valence-electron chi connectivity index (χ4n) is 2.72. The average molecular weight is 306 g/mol. The van der Waals surface area contributed by atoms with Gasteiger partial charge in [-0.05, 0) is 37.0 Å². The molecule has 112 valence electrons. The Morgan fingerprint density at radius 3 is 2.57 bits per heavy atom. The lowest BCUT2D eigenvalue weighted by molar-refractivity contribution is 0.0933. The Bertz CT molecular complexity index is 597. The topological polar surface area (TPSA) is 70.9 Å². The molecule has 1 saturated carbocycles. The number of aromatic nitrogens is 1. The monoisotopic (exact) mass is 305 g/mol. The normalized spacial score (nSPS) is 20.8. The summed E-state index contributed by atoms with van der Waals surface area (Å²) in [5.41, 5.74) is 8.50. The molecule has 0 spiro atoms. The second-order valence-corrected chi connectivity index (χ2v) is 5.40. The molecule has 3 rings (SSSR count). The lowest BCUT2D eigenvalue weighted by atomic mass is 10.2. The van der Waals surface area contributed by atoms with Gasteiger partial charge in [0.1, 0.15) is 5.69 Å². The summed E-state index contributed by atoms with van der Waals surface area (Å²) in [6.45, 7) is 0. The molecule has 0 aliphatic heterocycles. The number of hydrogen-bond donors (Lipinski definition) is 3. The number of nitrogens with one attached hydrogen (secondary N) is 2. The highest BCUT2D eigenvalue weighted by atomic mass is 35.5. The van der Waals surface area contributed by atoms with Crippen LogP contribution in [0.5, 0.6) is 0 Å². The minimum Gasteiger partial charge on any atom is -0.351 e. The number of rotatable bonds is 3. The van der Waals surface area contributed by atoms with Gasteiger partial charge >= 0.3 is 0 Å². The molecule has 1 aromatic carbocycles. The SMILES string of the molecule is Cl.N[C@@H]1CC[C@@H](NC(=O)c2ccc(-c3ccccc3)[nH]2)C1. The lowest BCUT2D eigenvalue weighted by Crippen LogP contribution is -2.34. The zero-order valence-corrected chi connectivity index (χ0v) is 12.5. The van der Waals surface area contributed by atoms with E-state index in [4.69, 9.17) is 5.73 Å². The van der Waals surface area contributed by atoms with Crippen LogP contribution in [0.4, 0.5) is 0 Å². The molecule has 0 bridgehead atoms. The third kappa shape index (κ3) is 3.65. The highest BCUT2D eigenvalue weighted by molar-refractivity contribution is 5.93. The fourth-order valence-corrected chi connectivity index (χ4v) is 2.72. The Balaban J connectivity index is 0.00000161. The Kier molecular flexibility index (Phi) is 5.04. The molecule has 2 aromatic rings. The van der Waals surface area contributed by atoms with E-state index < -0.39 is 0 Å². The van der Waals surface area contributed by atoms with Gasteiger partial charge in [-0.25, -0.2) is 0 Å². The average Bonchev–Trinajstić information content (AvgIpc) is 3.09. The van der Waals surface area contributed by atoms with Crippen LogP contribution in [0.3, 0.4) is 0 Å². The molecule has 0 saturated heterocycles. The predicted octanol–water partition coefficient (Wildman–Crippen LogP) is 2.71. The van der Waals surface area contributed by atoms with E-state index >= 15 is 0 Å². The summed E-state index contributed by atoms with van der Waals surface area (Å²) >= 11 is 0. The first-order valence-corrected chi connectivity index (χ1v) is 7.03. The van der Waals surface area contributed by atoms with E-state index in [0.29, 0.717) is 5.69 Å². The number of carbonyl (C=O) groups excluding carboxylic acids is 1. The van der Waals surface area contributed by atoms with Crippen LogP contribution < -0.4 is 11.1 Å². The highest BCUT2D eigenvalue weighted by Gasteiger charge is 2.23. The lowest BCUT2D eigenvalue weighted by Gasteiger charge is -2.11. The van der Waals surface area contributed by atoms with Crippen molar-refractivity contribution in [1.82, 2.24) is 10.3 Å². The number of nitrogens with two attached hydrogens (primary N) is 1. The van der Waals surface area contributed by atoms with Crippen LogP contribution in [0.25, 0.3) is 11.3 Å². The van der Waals surface area contributed by atoms with Crippen LogP contribution in [0.1, 0.15) is 29.8 Å². The van der Waals surface area contributed by atoms with Crippen LogP contribution in [-0.2, 0) is 0 Å². The minimum atomic E-state index is -0.0497. The first-order chi connectivity index (χ1) is 9.72. The summed E-state index contributed by atoms with van der Waals surface area (Å²) in [6.07, 6.45) is 2.84. The highest BCUT2D eigenvalue weighted by Crippen LogP contribution is 2.20. The largest absolute Gasteiger partial charge is 0.351 e. The van der Waals surface area contributed by atoms with Crippen LogP contribution in [0.2, 0.25) is 0 Å². The summed E-state index contributed by atoms with van der Waals surface area (Å²) < 4.78 is 0. The Morgan fingerprint density at radius 2 is 1.90 bits per heavy atom. The second kappa shape index (κ2) is 6.78. The molecule has 1 aliphatic rings. The van der Waals surface area contributed by atoms with Crippen molar-refractivity contribution in [3.05, 3.63) is 48.2 Å². The van der Waals surface area contributed by atoms with Gasteiger partial charge < -0.3 is 16.0 Å². The first kappa shape index (κ1) is 15.6. The van der Waals surface area contributed by atoms with Gasteiger partial charge in [-0.3, -0.25) is 4.79 Å². The minimum absolute atomic E-state index is 0. The quantitative estimate of drug-likeness (QED) is 0.816. The maximum atomic E-state index is 12.2. The summed E-state index contributed by atoms with van der Waals surface area (Å²) in [5.74, 6) is -0.0497. The standard InChI is InChI=1S/C16H19N3O.ClH/c17-12-6-7-13(10-12)18-16(20)15-9-8-14(19-15)11-4-2-1-3-5-11;/h1-5,8-9,12-13,19H,6-7,10,17H2,(H,18,20);1H/t12-,13-;/m1./s1. The first-order valence-electron chi connectivity index (χ1n) is 7.03. The Morgan fingerprint density at radius 1 is 1.14 bits per heavy atom. The molecule has 1 amide bonds. The predicted molar refractivity (Wildman–Crippen MR) is 86.6 cm³/mol. The van der Waals surface area contributed by atoms with Crippen LogP contribution in [0.15, 0.2) is 42.5 Å². The van der Waals surface area contributed by atoms with Crippen LogP contribution in [0, 0.1) is 0 Å². The van der Waals surface area contributed by atoms with Crippen molar-refractivity contribution < 1.29 is 4.79 Å². The van der Waals surface area contributed by atoms with E-state index in [1.807, 2.05) is 42.5 Å². The maximum Gasteiger partial charge on any atom is 0.267 e. The van der Waals surface area contributed by atoms with Crippen molar-refractivity contribution in [1.29, 1.82) is 0 Å². The van der Waals surface area contributed by atoms with E-state index in [0.717, 1.165) is 30.5 Å². The van der Waals surface area contributed by atoms with Gasteiger partial charge in [0.25, 0.3) is 5.91 Å². The molecule has 0 radical (unpaired) electrons. The third-order valence-electron chi connectivity index (χ3n) is 3.82. The summed E-state index contributed by atoms with van der Waals surface area (Å²) in [7, 11) is 0. The summed E-state index contributed by atoms with van der Waals surface area (Å²) in [6, 6.07) is 14.2. The van der Waals surface area contributed by atoms with Crippen LogP contribution in [-0.4, -0.2) is 23.0 Å². The van der Waals surface area contributed by atoms with E-state index in [1.165, 1.54) is 0 Å². The maximum absolute atomic E-state index is 12.2. The van der Waals surface area contributed by atoms with Gasteiger partial charge in [0.2, 0.25) is 0 Å². The molecule has 1 aliphatic carbocycles. The van der Waals surface area contributed by atoms with E-state index in [1.54, 1.807) is 0 Å². The van der Waals surface area contributed by atoms with Gasteiger partial charge in [-0.1, -0.05) is 30.3 Å². The summed E-state index contributed by atoms with van der Waals surface area (Å²) in [4.78, 5) is 15.3. The van der Waals surface area contributed by atoms with Crippen molar-refractivity contribution in [2.45, 2.75) is 31.3 Å². The second-order valence-electron chi connectivity index (χ2n) is 5.40. The number of aromatic amines is 1. The van der Waals surface area contributed by atoms with Gasteiger partial charge in [0.05, 0.1) is 0 Å². The number of H-pyrrole nitrogens is 1. The third-order valence-corrected chi connectivity index (χ3v) is 3.82. The number of amides is 1. The van der Waals surface area contributed by atoms with E-state index in [-0.39, 0.29) is 30.4 Å². The molecule has 2 atom stereocenters. The van der Waals surface area contributed by atoms with Gasteiger partial charge in [0, 0.05) is 17.8 Å². The van der Waals surface area contributed by atoms with Crippen LogP contribution >= 0.6 is 12.4 Å². The zero-order valence-electron chi connectivity index (χ0n) is 11.7. The Labute approximate surface area is 130 Å². The molecular formula is C16H20ClN3O. The molecule has 1 fully saturated rings. The van der Waals surface area contributed by atoms with E-state index in [9.17, 15) is 4.79 Å². The number of halogens is 1. The van der Waals surface area contributed by atoms with Crippen molar-refractivity contribution in [2.24, 2.45) is 5.73 Å². The van der Waals surface area contributed by atoms with Gasteiger partial charge in [-0.15, -0.1) is 12.4 Å². The molecular weight excluding hydrogens is 286 g/mol.